The van der Waals surface area contributed by atoms with Crippen LogP contribution in [0.2, 0.25) is 0 Å². The molecule has 86 heavy (non-hydrogen) atoms. The molecule has 0 heterocycles. The predicted molar refractivity (Wildman–Crippen MR) is 387 cm³/mol. The van der Waals surface area contributed by atoms with Crippen molar-refractivity contribution in [2.45, 2.75) is 501 Å². The highest BCUT2D eigenvalue weighted by molar-refractivity contribution is 5.76. The Morgan fingerprint density at radius 3 is 0.605 bits per heavy atom. The van der Waals surface area contributed by atoms with Gasteiger partial charge in [-0.15, -0.1) is 0 Å². The van der Waals surface area contributed by atoms with Gasteiger partial charge in [0.2, 0.25) is 5.91 Å². The average Bonchev–Trinajstić information content (AvgIpc) is 3.58. The van der Waals surface area contributed by atoms with Gasteiger partial charge in [0, 0.05) is 6.42 Å². The van der Waals surface area contributed by atoms with Gasteiger partial charge >= 0.3 is 0 Å². The van der Waals surface area contributed by atoms with E-state index in [1.807, 2.05) is 6.08 Å². The summed E-state index contributed by atoms with van der Waals surface area (Å²) in [6.07, 6.45) is 107. The molecule has 2 unspecified atom stereocenters. The van der Waals surface area contributed by atoms with Crippen LogP contribution in [0, 0.1) is 0 Å². The van der Waals surface area contributed by atoms with Crippen LogP contribution in [-0.4, -0.2) is 34.9 Å². The highest BCUT2D eigenvalue weighted by Gasteiger charge is 2.18. The molecule has 4 heteroatoms. The van der Waals surface area contributed by atoms with E-state index in [0.29, 0.717) is 6.42 Å². The van der Waals surface area contributed by atoms with Crippen LogP contribution in [0.4, 0.5) is 0 Å². The van der Waals surface area contributed by atoms with Crippen molar-refractivity contribution in [3.8, 4) is 0 Å². The highest BCUT2D eigenvalue weighted by atomic mass is 16.3. The predicted octanol–water partition coefficient (Wildman–Crippen LogP) is 28.3. The zero-order valence-corrected chi connectivity index (χ0v) is 59.6. The molecular formula is C82H163NO3. The third-order valence-electron chi connectivity index (χ3n) is 19.8. The van der Waals surface area contributed by atoms with Crippen LogP contribution < -0.4 is 5.32 Å². The molecule has 0 bridgehead atoms. The molecule has 2 atom stereocenters. The van der Waals surface area contributed by atoms with Gasteiger partial charge in [0.15, 0.2) is 0 Å². The number of carbonyl (C=O) groups excluding carboxylic acids is 1. The van der Waals surface area contributed by atoms with Crippen LogP contribution in [0.3, 0.4) is 0 Å². The first kappa shape index (κ1) is 85.1. The van der Waals surface area contributed by atoms with Crippen LogP contribution >= 0.6 is 0 Å². The summed E-state index contributed by atoms with van der Waals surface area (Å²) in [5.74, 6) is -0.0514. The van der Waals surface area contributed by atoms with Crippen molar-refractivity contribution in [2.75, 3.05) is 6.61 Å². The molecule has 0 aromatic heterocycles. The van der Waals surface area contributed by atoms with Gasteiger partial charge in [-0.25, -0.2) is 0 Å². The molecule has 4 nitrogen and oxygen atoms in total. The summed E-state index contributed by atoms with van der Waals surface area (Å²) >= 11 is 0. The number of amides is 1. The third kappa shape index (κ3) is 73.9. The molecule has 0 fully saturated rings. The van der Waals surface area contributed by atoms with E-state index < -0.39 is 12.1 Å². The van der Waals surface area contributed by atoms with Crippen molar-refractivity contribution in [3.05, 3.63) is 12.2 Å². The van der Waals surface area contributed by atoms with E-state index in [1.54, 1.807) is 6.08 Å². The number of allylic oxidation sites excluding steroid dienone is 1. The number of rotatable bonds is 78. The first-order valence-corrected chi connectivity index (χ1v) is 40.9. The lowest BCUT2D eigenvalue weighted by Crippen LogP contribution is -2.45. The molecule has 0 aliphatic carbocycles. The van der Waals surface area contributed by atoms with Crippen LogP contribution in [0.25, 0.3) is 0 Å². The molecule has 0 aliphatic rings. The summed E-state index contributed by atoms with van der Waals surface area (Å²) in [7, 11) is 0. The van der Waals surface area contributed by atoms with Gasteiger partial charge in [-0.05, 0) is 19.3 Å². The molecule has 0 aromatic carbocycles. The highest BCUT2D eigenvalue weighted by Crippen LogP contribution is 2.21. The van der Waals surface area contributed by atoms with Gasteiger partial charge in [-0.1, -0.05) is 475 Å². The Balaban J connectivity index is 3.35. The monoisotopic (exact) mass is 1210 g/mol. The summed E-state index contributed by atoms with van der Waals surface area (Å²) in [5.41, 5.74) is 0. The van der Waals surface area contributed by atoms with Gasteiger partial charge < -0.3 is 15.5 Å². The van der Waals surface area contributed by atoms with E-state index in [4.69, 9.17) is 0 Å². The maximum Gasteiger partial charge on any atom is 0.220 e. The molecule has 0 spiro atoms. The molecule has 514 valence electrons. The lowest BCUT2D eigenvalue weighted by atomic mass is 10.0. The fourth-order valence-electron chi connectivity index (χ4n) is 13.6. The number of hydrogen-bond donors (Lipinski definition) is 3. The summed E-state index contributed by atoms with van der Waals surface area (Å²) < 4.78 is 0. The van der Waals surface area contributed by atoms with E-state index in [1.165, 1.54) is 443 Å². The van der Waals surface area contributed by atoms with Crippen molar-refractivity contribution < 1.29 is 15.0 Å². The van der Waals surface area contributed by atoms with E-state index in [2.05, 4.69) is 19.2 Å². The van der Waals surface area contributed by atoms with E-state index in [0.717, 1.165) is 25.7 Å². The SMILES string of the molecule is CCCCCCCCCCCCCCCCCCCCCCCCCCCCCCCCC/C=C/C(O)C(CO)NC(=O)CCCCCCCCCCCCCCCCCCCCCCCCCCCCCCCCCCCCCCCCCCC. The number of aliphatic hydroxyl groups is 2. The quantitative estimate of drug-likeness (QED) is 0.0420. The van der Waals surface area contributed by atoms with E-state index in [9.17, 15) is 15.0 Å². The minimum atomic E-state index is -0.838. The fraction of sp³-hybridized carbons (Fsp3) is 0.963. The molecule has 0 rings (SSSR count). The van der Waals surface area contributed by atoms with Crippen molar-refractivity contribution in [1.82, 2.24) is 5.32 Å². The summed E-state index contributed by atoms with van der Waals surface area (Å²) in [5, 5.41) is 23.4. The fourth-order valence-corrected chi connectivity index (χ4v) is 13.6. The van der Waals surface area contributed by atoms with Gasteiger partial charge in [0.1, 0.15) is 0 Å². The molecule has 0 radical (unpaired) electrons. The Bertz CT molecular complexity index is 1230. The smallest absolute Gasteiger partial charge is 0.220 e. The molecule has 0 aliphatic heterocycles. The second kappa shape index (κ2) is 78.4. The third-order valence-corrected chi connectivity index (χ3v) is 19.8. The van der Waals surface area contributed by atoms with Gasteiger partial charge in [0.25, 0.3) is 0 Å². The number of unbranched alkanes of at least 4 members (excludes halogenated alkanes) is 71. The topological polar surface area (TPSA) is 69.6 Å². The maximum atomic E-state index is 12.6. The second-order valence-corrected chi connectivity index (χ2v) is 28.6. The zero-order chi connectivity index (χ0) is 61.9. The lowest BCUT2D eigenvalue weighted by Gasteiger charge is -2.20. The first-order valence-electron chi connectivity index (χ1n) is 40.9. The van der Waals surface area contributed by atoms with Crippen molar-refractivity contribution in [3.63, 3.8) is 0 Å². The van der Waals surface area contributed by atoms with Gasteiger partial charge in [-0.3, -0.25) is 4.79 Å². The summed E-state index contributed by atoms with van der Waals surface area (Å²) in [6, 6.07) is -0.621. The molecule has 3 N–H and O–H groups in total. The zero-order valence-electron chi connectivity index (χ0n) is 59.6. The molecular weight excluding hydrogens is 1050 g/mol. The molecule has 0 aromatic rings. The van der Waals surface area contributed by atoms with Crippen LogP contribution in [-0.2, 0) is 4.79 Å². The number of hydrogen-bond acceptors (Lipinski definition) is 3. The van der Waals surface area contributed by atoms with Crippen LogP contribution in [0.1, 0.15) is 489 Å². The lowest BCUT2D eigenvalue weighted by molar-refractivity contribution is -0.123. The number of aliphatic hydroxyl groups excluding tert-OH is 2. The van der Waals surface area contributed by atoms with E-state index >= 15 is 0 Å². The van der Waals surface area contributed by atoms with Crippen LogP contribution in [0.5, 0.6) is 0 Å². The minimum Gasteiger partial charge on any atom is -0.394 e. The van der Waals surface area contributed by atoms with Gasteiger partial charge in [0.05, 0.1) is 18.8 Å². The van der Waals surface area contributed by atoms with E-state index in [-0.39, 0.29) is 12.5 Å². The Morgan fingerprint density at radius 1 is 0.267 bits per heavy atom. The average molecular weight is 1210 g/mol. The van der Waals surface area contributed by atoms with Crippen molar-refractivity contribution in [2.24, 2.45) is 0 Å². The van der Waals surface area contributed by atoms with Crippen molar-refractivity contribution >= 4 is 5.91 Å². The summed E-state index contributed by atoms with van der Waals surface area (Å²) in [4.78, 5) is 12.6. The van der Waals surface area contributed by atoms with Crippen molar-refractivity contribution in [1.29, 1.82) is 0 Å². The molecule has 1 amide bonds. The molecule has 0 saturated heterocycles. The Kier molecular flexibility index (Phi) is 77.6. The number of carbonyl (C=O) groups is 1. The van der Waals surface area contributed by atoms with Crippen LogP contribution in [0.15, 0.2) is 12.2 Å². The maximum absolute atomic E-state index is 12.6. The standard InChI is InChI=1S/C82H163NO3/c1-3-5-7-9-11-13-15-17-19-21-23-25-27-29-31-33-35-37-38-39-40-41-42-43-44-46-48-50-52-54-56-58-60-62-64-66-68-70-72-74-76-78-82(86)83-80(79-84)81(85)77-75-73-71-69-67-65-63-61-59-57-55-53-51-49-47-45-36-34-32-30-28-26-24-22-20-18-16-14-12-10-8-6-4-2/h75,77,80-81,84-85H,3-74,76,78-79H2,1-2H3,(H,83,86)/b77-75+. The first-order chi connectivity index (χ1) is 42.7. The Morgan fingerprint density at radius 2 is 0.430 bits per heavy atom. The minimum absolute atomic E-state index is 0.0514. The number of nitrogens with one attached hydrogen (secondary N) is 1. The normalized spacial score (nSPS) is 12.6. The second-order valence-electron chi connectivity index (χ2n) is 28.6. The molecule has 0 saturated carbocycles. The Hall–Kier alpha value is -0.870. The largest absolute Gasteiger partial charge is 0.394 e. The summed E-state index contributed by atoms with van der Waals surface area (Å²) in [6.45, 7) is 4.38. The van der Waals surface area contributed by atoms with Gasteiger partial charge in [-0.2, -0.15) is 0 Å². The Labute approximate surface area is 543 Å².